The number of pyridine rings is 3. The van der Waals surface area contributed by atoms with Crippen LogP contribution in [0.5, 0.6) is 0 Å². The number of fused-ring (bicyclic) bond motifs is 3. The molecular weight excluding hydrogens is 748 g/mol. The Balaban J connectivity index is 1.23. The maximum absolute atomic E-state index is 15.2. The van der Waals surface area contributed by atoms with Crippen LogP contribution in [0.1, 0.15) is 64.8 Å². The lowest BCUT2D eigenvalue weighted by molar-refractivity contribution is -0.123. The van der Waals surface area contributed by atoms with E-state index in [1.807, 2.05) is 6.07 Å². The van der Waals surface area contributed by atoms with Crippen LogP contribution in [0.3, 0.4) is 0 Å². The molecule has 7 aromatic rings. The third-order valence-electron chi connectivity index (χ3n) is 9.34. The summed E-state index contributed by atoms with van der Waals surface area (Å²) < 4.78 is 117. The van der Waals surface area contributed by atoms with E-state index in [0.717, 1.165) is 17.5 Å². The fourth-order valence-electron chi connectivity index (χ4n) is 6.88. The Kier molecular flexibility index (Phi) is 9.06. The molecule has 0 bridgehead atoms. The zero-order valence-electron chi connectivity index (χ0n) is 28.7. The molecule has 1 aliphatic rings. The Labute approximate surface area is 311 Å². The molecule has 0 fully saturated rings. The minimum absolute atomic E-state index is 0.0461. The van der Waals surface area contributed by atoms with Crippen LogP contribution >= 0.6 is 0 Å². The van der Waals surface area contributed by atoms with Crippen molar-refractivity contribution in [2.75, 3.05) is 0 Å². The van der Waals surface area contributed by atoms with Gasteiger partial charge in [0.25, 0.3) is 18.3 Å². The summed E-state index contributed by atoms with van der Waals surface area (Å²) in [6.07, 6.45) is -0.282. The van der Waals surface area contributed by atoms with Gasteiger partial charge in [0.2, 0.25) is 5.91 Å². The molecule has 0 saturated carbocycles. The van der Waals surface area contributed by atoms with Crippen LogP contribution in [0.25, 0.3) is 33.2 Å². The van der Waals surface area contributed by atoms with Gasteiger partial charge in [0.15, 0.2) is 0 Å². The summed E-state index contributed by atoms with van der Waals surface area (Å²) in [5.74, 6) is -5.12. The molecule has 9 nitrogen and oxygen atoms in total. The van der Waals surface area contributed by atoms with E-state index in [4.69, 9.17) is 4.98 Å². The van der Waals surface area contributed by atoms with Gasteiger partial charge in [-0.3, -0.25) is 9.48 Å². The molecule has 0 aliphatic heterocycles. The van der Waals surface area contributed by atoms with E-state index in [2.05, 4.69) is 42.2 Å². The Morgan fingerprint density at radius 2 is 1.52 bits per heavy atom. The third-order valence-corrected chi connectivity index (χ3v) is 9.34. The zero-order chi connectivity index (χ0) is 39.4. The second-order valence-corrected chi connectivity index (χ2v) is 13.2. The summed E-state index contributed by atoms with van der Waals surface area (Å²) in [5, 5.41) is 7.49. The number of H-pyrrole nitrogens is 2. The first-order chi connectivity index (χ1) is 26.7. The van der Waals surface area contributed by atoms with E-state index in [1.165, 1.54) is 6.20 Å². The number of hydrogen-bond donors (Lipinski definition) is 3. The molecule has 8 rings (SSSR count). The molecule has 0 saturated heterocycles. The van der Waals surface area contributed by atoms with Crippen LogP contribution in [0.2, 0.25) is 0 Å². The molecule has 1 atom stereocenters. The highest BCUT2D eigenvalue weighted by Crippen LogP contribution is 2.52. The molecule has 6 heterocycles. The third kappa shape index (κ3) is 7.05. The van der Waals surface area contributed by atoms with E-state index in [0.29, 0.717) is 39.4 Å². The second-order valence-electron chi connectivity index (χ2n) is 13.2. The molecule has 284 valence electrons. The smallest absolute Gasteiger partial charge is 0.290 e. The quantitative estimate of drug-likeness (QED) is 0.106. The van der Waals surface area contributed by atoms with Gasteiger partial charge in [-0.2, -0.15) is 13.9 Å². The fraction of sp³-hybridized carbons (Fsp3) is 0.205. The van der Waals surface area contributed by atoms with Crippen LogP contribution in [-0.4, -0.2) is 40.6 Å². The van der Waals surface area contributed by atoms with Crippen molar-refractivity contribution in [2.24, 2.45) is 0 Å². The number of hydrogen-bond acceptors (Lipinski definition) is 5. The first-order valence-corrected chi connectivity index (χ1v) is 17.0. The number of aromatic nitrogens is 7. The fourth-order valence-corrected chi connectivity index (χ4v) is 6.88. The van der Waals surface area contributed by atoms with E-state index < -0.39 is 78.2 Å². The van der Waals surface area contributed by atoms with Crippen molar-refractivity contribution >= 4 is 28.0 Å². The molecule has 1 aromatic carbocycles. The van der Waals surface area contributed by atoms with Crippen molar-refractivity contribution in [1.82, 2.24) is 40.0 Å². The summed E-state index contributed by atoms with van der Waals surface area (Å²) in [5.41, 5.74) is -1.70. The molecule has 17 heteroatoms. The topological polar surface area (TPSA) is 117 Å². The molecule has 0 spiro atoms. The molecule has 6 aromatic heterocycles. The lowest BCUT2D eigenvalue weighted by Gasteiger charge is -2.29. The van der Waals surface area contributed by atoms with Gasteiger partial charge in [-0.1, -0.05) is 5.92 Å². The van der Waals surface area contributed by atoms with Crippen LogP contribution in [0, 0.1) is 23.5 Å². The molecule has 1 amide bonds. The lowest BCUT2D eigenvalue weighted by atomic mass is 9.89. The number of nitrogens with zero attached hydrogens (tertiary/aromatic N) is 5. The van der Waals surface area contributed by atoms with Crippen molar-refractivity contribution in [3.63, 3.8) is 0 Å². The van der Waals surface area contributed by atoms with Crippen molar-refractivity contribution < 1.29 is 39.9 Å². The molecule has 1 aliphatic carbocycles. The van der Waals surface area contributed by atoms with Crippen LogP contribution in [0.4, 0.5) is 35.1 Å². The minimum Gasteiger partial charge on any atom is -0.346 e. The zero-order valence-corrected chi connectivity index (χ0v) is 28.7. The number of rotatable bonds is 8. The van der Waals surface area contributed by atoms with Crippen molar-refractivity contribution in [1.29, 1.82) is 0 Å². The normalized spacial score (nSPS) is 15.1. The molecule has 3 N–H and O–H groups in total. The highest BCUT2D eigenvalue weighted by Gasteiger charge is 2.55. The number of halogens is 8. The second kappa shape index (κ2) is 13.9. The number of benzene rings is 1. The lowest BCUT2D eigenvalue weighted by Crippen LogP contribution is -2.37. The Hall–Kier alpha value is -6.57. The van der Waals surface area contributed by atoms with E-state index in [9.17, 15) is 31.1 Å². The highest BCUT2D eigenvalue weighted by atomic mass is 19.3. The van der Waals surface area contributed by atoms with E-state index in [1.54, 1.807) is 48.9 Å². The first kappa shape index (κ1) is 36.4. The van der Waals surface area contributed by atoms with Gasteiger partial charge in [-0.25, -0.2) is 41.3 Å². The van der Waals surface area contributed by atoms with Gasteiger partial charge in [0.05, 0.1) is 17.3 Å². The minimum atomic E-state index is -4.06. The maximum Gasteiger partial charge on any atom is 0.290 e. The number of nitrogens with one attached hydrogen (secondary N) is 3. The van der Waals surface area contributed by atoms with Gasteiger partial charge in [0.1, 0.15) is 46.6 Å². The van der Waals surface area contributed by atoms with E-state index >= 15 is 8.78 Å². The number of carbonyl (C=O) groups is 1. The van der Waals surface area contributed by atoms with Gasteiger partial charge < -0.3 is 15.3 Å². The van der Waals surface area contributed by atoms with Gasteiger partial charge >= 0.3 is 0 Å². The summed E-state index contributed by atoms with van der Waals surface area (Å²) in [6, 6.07) is 11.8. The summed E-state index contributed by atoms with van der Waals surface area (Å²) in [4.78, 5) is 33.3. The Morgan fingerprint density at radius 1 is 0.839 bits per heavy atom. The molecule has 0 unspecified atom stereocenters. The average Bonchev–Trinajstić information content (AvgIpc) is 3.91. The number of aromatic amines is 2. The van der Waals surface area contributed by atoms with Gasteiger partial charge in [0, 0.05) is 71.2 Å². The maximum atomic E-state index is 15.2. The van der Waals surface area contributed by atoms with Gasteiger partial charge in [-0.15, -0.1) is 0 Å². The monoisotopic (exact) mass is 774 g/mol. The average molecular weight is 775 g/mol. The first-order valence-electron chi connectivity index (χ1n) is 17.0. The Bertz CT molecular complexity index is 2690. The highest BCUT2D eigenvalue weighted by molar-refractivity contribution is 5.83. The Morgan fingerprint density at radius 3 is 2.23 bits per heavy atom. The number of carbonyl (C=O) groups excluding carboxylic acids is 1. The predicted molar refractivity (Wildman–Crippen MR) is 187 cm³/mol. The van der Waals surface area contributed by atoms with E-state index in [-0.39, 0.29) is 28.1 Å². The van der Waals surface area contributed by atoms with Crippen LogP contribution < -0.4 is 5.32 Å². The van der Waals surface area contributed by atoms with Crippen LogP contribution in [0.15, 0.2) is 79.4 Å². The molecule has 56 heavy (non-hydrogen) atoms. The number of amides is 1. The largest absolute Gasteiger partial charge is 0.346 e. The van der Waals surface area contributed by atoms with Crippen LogP contribution in [-0.2, 0) is 29.6 Å². The summed E-state index contributed by atoms with van der Waals surface area (Å²) in [6.45, 7) is -1.19. The standard InChI is InChI=1S/C39H26F8N8O/c40-25-12-21(13-26(41)16-25)14-29(53-30(56)19-55-34-31(33(54-55)35(42)43)38(44,45)7-8-39(34,46)47)32-28(24-15-23-6-10-49-37(23)51-18-24)4-3-27(52-32)2-1-20-11-22-5-9-48-36(22)50-17-20/h3-6,9-13,15-18,29,35H,7-8,14,19H2,(H,48,50)(H,49,51)(H,53,56)/t29-/m0/s1. The molecular formula is C39H26F8N8O. The molecule has 0 radical (unpaired) electrons. The predicted octanol–water partition coefficient (Wildman–Crippen LogP) is 8.39. The van der Waals surface area contributed by atoms with Crippen molar-refractivity contribution in [3.05, 3.63) is 130 Å². The summed E-state index contributed by atoms with van der Waals surface area (Å²) in [7, 11) is 0. The van der Waals surface area contributed by atoms with Gasteiger partial charge in [-0.05, 0) is 66.4 Å². The summed E-state index contributed by atoms with van der Waals surface area (Å²) >= 11 is 0. The number of alkyl halides is 6. The SMILES string of the molecule is O=C(Cn1nc(C(F)F)c2c1C(F)(F)CCC2(F)F)N[C@@H](Cc1cc(F)cc(F)c1)c1nc(C#Cc2cnc3[nH]ccc3c2)ccc1-c1cnc2[nH]ccc2c1. The van der Waals surface area contributed by atoms with Crippen molar-refractivity contribution in [2.45, 2.75) is 50.1 Å². The van der Waals surface area contributed by atoms with Crippen molar-refractivity contribution in [3.8, 4) is 23.0 Å².